The third kappa shape index (κ3) is 4.38. The minimum atomic E-state index is -0.0213. The van der Waals surface area contributed by atoms with Gasteiger partial charge in [-0.3, -0.25) is 9.59 Å². The van der Waals surface area contributed by atoms with Gasteiger partial charge < -0.3 is 14.8 Å². The van der Waals surface area contributed by atoms with E-state index < -0.39 is 0 Å². The van der Waals surface area contributed by atoms with Gasteiger partial charge in [-0.15, -0.1) is 11.3 Å². The third-order valence-electron chi connectivity index (χ3n) is 5.99. The number of H-pyrrole nitrogens is 1. The van der Waals surface area contributed by atoms with Crippen LogP contribution >= 0.6 is 34.7 Å². The van der Waals surface area contributed by atoms with Gasteiger partial charge in [0.25, 0.3) is 5.56 Å². The minimum Gasteiger partial charge on any atom is -0.352 e. The number of piperazine rings is 1. The second kappa shape index (κ2) is 9.41. The summed E-state index contributed by atoms with van der Waals surface area (Å²) in [4.78, 5) is 43.3. The molecule has 1 N–H and O–H groups in total. The molecule has 32 heavy (non-hydrogen) atoms. The lowest BCUT2D eigenvalue weighted by Gasteiger charge is -2.35. The van der Waals surface area contributed by atoms with Crippen LogP contribution in [0, 0.1) is 0 Å². The molecule has 168 valence electrons. The highest BCUT2D eigenvalue weighted by Crippen LogP contribution is 2.34. The molecule has 1 saturated heterocycles. The minimum absolute atomic E-state index is 0.0213. The maximum absolute atomic E-state index is 12.6. The van der Waals surface area contributed by atoms with E-state index in [0.29, 0.717) is 41.9 Å². The number of rotatable bonds is 6. The number of aromatic nitrogens is 3. The summed E-state index contributed by atoms with van der Waals surface area (Å²) in [5.74, 6) is 2.95. The summed E-state index contributed by atoms with van der Waals surface area (Å²) in [5, 5.41) is 1.43. The molecular formula is C22H24ClN5O2S2. The quantitative estimate of drug-likeness (QED) is 0.534. The Morgan fingerprint density at radius 3 is 2.91 bits per heavy atom. The summed E-state index contributed by atoms with van der Waals surface area (Å²) in [7, 11) is 0. The zero-order valence-electron chi connectivity index (χ0n) is 17.6. The Bertz CT molecular complexity index is 1200. The average Bonchev–Trinajstić information content (AvgIpc) is 3.38. The Morgan fingerprint density at radius 2 is 2.09 bits per heavy atom. The zero-order chi connectivity index (χ0) is 22.1. The van der Waals surface area contributed by atoms with Gasteiger partial charge in [0, 0.05) is 49.4 Å². The lowest BCUT2D eigenvalue weighted by Crippen LogP contribution is -2.49. The number of thiophene rings is 1. The van der Waals surface area contributed by atoms with Crippen LogP contribution in [0.5, 0.6) is 0 Å². The van der Waals surface area contributed by atoms with E-state index in [9.17, 15) is 9.59 Å². The molecule has 3 aromatic rings. The van der Waals surface area contributed by atoms with Crippen LogP contribution in [0.15, 0.2) is 23.1 Å². The zero-order valence-corrected chi connectivity index (χ0v) is 20.0. The molecule has 5 rings (SSSR count). The van der Waals surface area contributed by atoms with E-state index in [1.165, 1.54) is 10.4 Å². The Morgan fingerprint density at radius 1 is 1.25 bits per heavy atom. The molecule has 1 aliphatic carbocycles. The monoisotopic (exact) mass is 489 g/mol. The molecule has 3 aromatic heterocycles. The van der Waals surface area contributed by atoms with Gasteiger partial charge in [0.15, 0.2) is 0 Å². The van der Waals surface area contributed by atoms with Crippen molar-refractivity contribution in [2.75, 3.05) is 36.8 Å². The molecule has 0 aromatic carbocycles. The smallest absolute Gasteiger partial charge is 0.259 e. The van der Waals surface area contributed by atoms with Crippen molar-refractivity contribution in [3.8, 4) is 0 Å². The summed E-state index contributed by atoms with van der Waals surface area (Å²) >= 11 is 9.53. The van der Waals surface area contributed by atoms with E-state index in [-0.39, 0.29) is 11.5 Å². The predicted octanol–water partition coefficient (Wildman–Crippen LogP) is 3.49. The van der Waals surface area contributed by atoms with Crippen LogP contribution in [0.1, 0.15) is 29.1 Å². The van der Waals surface area contributed by atoms with Crippen molar-refractivity contribution in [3.05, 3.63) is 50.0 Å². The molecule has 1 fully saturated rings. The number of carbonyl (C=O) groups excluding carboxylic acids is 1. The standard InChI is InChI=1S/C22H24ClN5O2S2/c23-15-4-2-7-24-20(15)28-10-8-27(9-11-28)18(29)6-12-31-13-17-25-21(30)19-14-3-1-5-16(14)32-22(19)26-17/h2,4,7H,1,3,5-6,8-13H2,(H,25,26,30). The van der Waals surface area contributed by atoms with Gasteiger partial charge in [0.1, 0.15) is 16.5 Å². The van der Waals surface area contributed by atoms with Crippen molar-refractivity contribution >= 4 is 56.6 Å². The fourth-order valence-corrected chi connectivity index (χ4v) is 6.69. The molecule has 10 heteroatoms. The molecule has 0 saturated carbocycles. The first-order chi connectivity index (χ1) is 15.6. The highest BCUT2D eigenvalue weighted by molar-refractivity contribution is 7.98. The number of nitrogens with one attached hydrogen (secondary N) is 1. The summed E-state index contributed by atoms with van der Waals surface area (Å²) in [6.07, 6.45) is 5.40. The summed E-state index contributed by atoms with van der Waals surface area (Å²) < 4.78 is 0. The summed E-state index contributed by atoms with van der Waals surface area (Å²) in [6.45, 7) is 2.80. The van der Waals surface area contributed by atoms with Crippen LogP contribution in [0.2, 0.25) is 5.02 Å². The van der Waals surface area contributed by atoms with E-state index in [2.05, 4.69) is 19.9 Å². The first-order valence-corrected chi connectivity index (χ1v) is 13.2. The lowest BCUT2D eigenvalue weighted by atomic mass is 10.2. The number of thioether (sulfide) groups is 1. The van der Waals surface area contributed by atoms with Gasteiger partial charge in [0.05, 0.1) is 16.2 Å². The normalized spacial score (nSPS) is 16.0. The number of anilines is 1. The fourth-order valence-electron chi connectivity index (χ4n) is 4.38. The van der Waals surface area contributed by atoms with Crippen LogP contribution in [0.4, 0.5) is 5.82 Å². The molecular weight excluding hydrogens is 466 g/mol. The van der Waals surface area contributed by atoms with Crippen LogP contribution in [-0.4, -0.2) is 57.7 Å². The summed E-state index contributed by atoms with van der Waals surface area (Å²) in [5.41, 5.74) is 1.18. The number of aromatic amines is 1. The van der Waals surface area contributed by atoms with Gasteiger partial charge in [-0.2, -0.15) is 11.8 Å². The van der Waals surface area contributed by atoms with Crippen molar-refractivity contribution in [3.63, 3.8) is 0 Å². The van der Waals surface area contributed by atoms with Crippen molar-refractivity contribution in [1.82, 2.24) is 19.9 Å². The molecule has 0 unspecified atom stereocenters. The van der Waals surface area contributed by atoms with Gasteiger partial charge >= 0.3 is 0 Å². The number of halogens is 1. The second-order valence-electron chi connectivity index (χ2n) is 8.03. The van der Waals surface area contributed by atoms with Gasteiger partial charge in [-0.05, 0) is 37.0 Å². The number of aryl methyl sites for hydroxylation is 2. The highest BCUT2D eigenvalue weighted by Gasteiger charge is 2.23. The lowest BCUT2D eigenvalue weighted by molar-refractivity contribution is -0.131. The predicted molar refractivity (Wildman–Crippen MR) is 131 cm³/mol. The highest BCUT2D eigenvalue weighted by atomic mass is 35.5. The Labute approximate surface area is 199 Å². The number of fused-ring (bicyclic) bond motifs is 3. The number of hydrogen-bond acceptors (Lipinski definition) is 7. The van der Waals surface area contributed by atoms with Crippen LogP contribution in [0.3, 0.4) is 0 Å². The number of hydrogen-bond donors (Lipinski definition) is 1. The van der Waals surface area contributed by atoms with Crippen LogP contribution < -0.4 is 10.5 Å². The molecule has 7 nitrogen and oxygen atoms in total. The molecule has 1 aliphatic heterocycles. The van der Waals surface area contributed by atoms with Gasteiger partial charge in [0.2, 0.25) is 5.91 Å². The SMILES string of the molecule is O=C(CCSCc1nc2sc3c(c2c(=O)[nH]1)CCC3)N1CCN(c2ncccc2Cl)CC1. The van der Waals surface area contributed by atoms with Gasteiger partial charge in [-0.1, -0.05) is 11.6 Å². The maximum Gasteiger partial charge on any atom is 0.259 e. The van der Waals surface area contributed by atoms with Crippen molar-refractivity contribution in [1.29, 1.82) is 0 Å². The summed E-state index contributed by atoms with van der Waals surface area (Å²) in [6, 6.07) is 3.66. The van der Waals surface area contributed by atoms with Crippen molar-refractivity contribution in [2.24, 2.45) is 0 Å². The molecule has 0 bridgehead atoms. The molecule has 4 heterocycles. The van der Waals surface area contributed by atoms with E-state index in [1.807, 2.05) is 17.0 Å². The molecule has 0 atom stereocenters. The van der Waals surface area contributed by atoms with E-state index >= 15 is 0 Å². The fraction of sp³-hybridized carbons (Fsp3) is 0.455. The Hall–Kier alpha value is -2.10. The number of nitrogens with zero attached hydrogens (tertiary/aromatic N) is 4. The first-order valence-electron chi connectivity index (χ1n) is 10.8. The average molecular weight is 490 g/mol. The number of amides is 1. The first kappa shape index (κ1) is 21.7. The molecule has 0 radical (unpaired) electrons. The third-order valence-corrected chi connectivity index (χ3v) is 8.45. The second-order valence-corrected chi connectivity index (χ2v) is 10.6. The maximum atomic E-state index is 12.6. The van der Waals surface area contributed by atoms with Crippen LogP contribution in [-0.2, 0) is 23.4 Å². The van der Waals surface area contributed by atoms with E-state index in [4.69, 9.17) is 11.6 Å². The van der Waals surface area contributed by atoms with E-state index in [0.717, 1.165) is 48.4 Å². The van der Waals surface area contributed by atoms with E-state index in [1.54, 1.807) is 29.3 Å². The van der Waals surface area contributed by atoms with Crippen molar-refractivity contribution < 1.29 is 4.79 Å². The van der Waals surface area contributed by atoms with Crippen LogP contribution in [0.25, 0.3) is 10.2 Å². The van der Waals surface area contributed by atoms with Gasteiger partial charge in [-0.25, -0.2) is 9.97 Å². The number of carbonyl (C=O) groups is 1. The molecule has 1 amide bonds. The molecule has 0 spiro atoms. The van der Waals surface area contributed by atoms with Crippen molar-refractivity contribution in [2.45, 2.75) is 31.4 Å². The number of pyridine rings is 1. The molecule has 2 aliphatic rings. The Balaban J connectivity index is 1.10. The Kier molecular flexibility index (Phi) is 6.39. The topological polar surface area (TPSA) is 82.2 Å². The largest absolute Gasteiger partial charge is 0.352 e.